The molecular weight excluding hydrogens is 332 g/mol. The average Bonchev–Trinajstić information content (AvgIpc) is 2.93. The second kappa shape index (κ2) is 7.86. The number of benzene rings is 1. The van der Waals surface area contributed by atoms with E-state index < -0.39 is 5.97 Å². The van der Waals surface area contributed by atoms with Crippen molar-refractivity contribution in [1.29, 1.82) is 0 Å². The fraction of sp³-hybridized carbons (Fsp3) is 0.526. The van der Waals surface area contributed by atoms with E-state index in [0.717, 1.165) is 36.1 Å². The largest absolute Gasteiger partial charge is 0.480 e. The summed E-state index contributed by atoms with van der Waals surface area (Å²) in [7, 11) is 0. The van der Waals surface area contributed by atoms with Crippen LogP contribution < -0.4 is 5.32 Å². The number of para-hydroxylation sites is 2. The zero-order chi connectivity index (χ0) is 18.7. The number of aromatic nitrogens is 2. The van der Waals surface area contributed by atoms with Gasteiger partial charge < -0.3 is 15.0 Å². The summed E-state index contributed by atoms with van der Waals surface area (Å²) in [6, 6.07) is 8.21. The summed E-state index contributed by atoms with van der Waals surface area (Å²) in [6.07, 6.45) is 2.38. The maximum atomic E-state index is 12.5. The highest BCUT2D eigenvalue weighted by molar-refractivity contribution is 5.81. The third-order valence-corrected chi connectivity index (χ3v) is 5.09. The number of likely N-dealkylation sites (N-methyl/N-ethyl adjacent to an activating group) is 1. The average molecular weight is 358 g/mol. The van der Waals surface area contributed by atoms with Crippen molar-refractivity contribution in [1.82, 2.24) is 19.8 Å². The van der Waals surface area contributed by atoms with Crippen molar-refractivity contribution in [2.75, 3.05) is 13.1 Å². The first-order chi connectivity index (χ1) is 12.5. The quantitative estimate of drug-likeness (QED) is 0.749. The van der Waals surface area contributed by atoms with E-state index in [1.807, 2.05) is 47.6 Å². The van der Waals surface area contributed by atoms with Crippen LogP contribution in [0.15, 0.2) is 24.3 Å². The van der Waals surface area contributed by atoms with Gasteiger partial charge in [0, 0.05) is 18.5 Å². The molecule has 1 saturated carbocycles. The van der Waals surface area contributed by atoms with E-state index in [-0.39, 0.29) is 31.1 Å². The number of hydrogen-bond acceptors (Lipinski definition) is 4. The Morgan fingerprint density at radius 2 is 2.04 bits per heavy atom. The third-order valence-electron chi connectivity index (χ3n) is 5.09. The minimum absolute atomic E-state index is 0.0208. The van der Waals surface area contributed by atoms with Crippen molar-refractivity contribution < 1.29 is 14.7 Å². The Labute approximate surface area is 153 Å². The van der Waals surface area contributed by atoms with Crippen molar-refractivity contribution in [3.63, 3.8) is 0 Å². The van der Waals surface area contributed by atoms with Crippen molar-refractivity contribution in [2.45, 2.75) is 51.7 Å². The number of hydrogen-bond donors (Lipinski definition) is 2. The zero-order valence-corrected chi connectivity index (χ0v) is 15.3. The number of carboxylic acids is 1. The topological polar surface area (TPSA) is 87.5 Å². The SMILES string of the molecule is CCc1nc2ccccc2n1CC(=O)NC1CC(N(CC)CC(=O)O)C1. The Balaban J connectivity index is 1.57. The molecule has 0 saturated heterocycles. The molecule has 2 N–H and O–H groups in total. The number of fused-ring (bicyclic) bond motifs is 1. The molecular formula is C19H26N4O3. The fourth-order valence-electron chi connectivity index (χ4n) is 3.67. The molecule has 1 aromatic carbocycles. The van der Waals surface area contributed by atoms with Crippen LogP contribution in [0.4, 0.5) is 0 Å². The molecule has 0 aliphatic heterocycles. The molecule has 0 atom stereocenters. The molecule has 1 heterocycles. The molecule has 1 aliphatic carbocycles. The monoisotopic (exact) mass is 358 g/mol. The zero-order valence-electron chi connectivity index (χ0n) is 15.3. The normalized spacial score (nSPS) is 19.5. The molecule has 1 aliphatic rings. The van der Waals surface area contributed by atoms with E-state index in [9.17, 15) is 9.59 Å². The summed E-state index contributed by atoms with van der Waals surface area (Å²) in [5, 5.41) is 12.0. The maximum absolute atomic E-state index is 12.5. The highest BCUT2D eigenvalue weighted by Gasteiger charge is 2.34. The first-order valence-corrected chi connectivity index (χ1v) is 9.21. The van der Waals surface area contributed by atoms with Gasteiger partial charge in [0.15, 0.2) is 0 Å². The number of rotatable bonds is 8. The summed E-state index contributed by atoms with van der Waals surface area (Å²) in [5.41, 5.74) is 1.89. The first-order valence-electron chi connectivity index (χ1n) is 9.21. The first kappa shape index (κ1) is 18.4. The van der Waals surface area contributed by atoms with Gasteiger partial charge in [0.2, 0.25) is 5.91 Å². The van der Waals surface area contributed by atoms with Gasteiger partial charge in [0.05, 0.1) is 17.6 Å². The lowest BCUT2D eigenvalue weighted by molar-refractivity contribution is -0.139. The van der Waals surface area contributed by atoms with Crippen LogP contribution in [0.1, 0.15) is 32.5 Å². The van der Waals surface area contributed by atoms with Crippen LogP contribution in [0.3, 0.4) is 0 Å². The number of nitrogens with zero attached hydrogens (tertiary/aromatic N) is 3. The van der Waals surface area contributed by atoms with E-state index in [4.69, 9.17) is 5.11 Å². The van der Waals surface area contributed by atoms with Gasteiger partial charge in [-0.25, -0.2) is 4.98 Å². The van der Waals surface area contributed by atoms with Gasteiger partial charge in [-0.1, -0.05) is 26.0 Å². The van der Waals surface area contributed by atoms with Crippen LogP contribution in [0.5, 0.6) is 0 Å². The van der Waals surface area contributed by atoms with E-state index >= 15 is 0 Å². The Morgan fingerprint density at radius 1 is 1.31 bits per heavy atom. The number of nitrogens with one attached hydrogen (secondary N) is 1. The van der Waals surface area contributed by atoms with Gasteiger partial charge in [0.1, 0.15) is 12.4 Å². The molecule has 0 unspecified atom stereocenters. The Bertz CT molecular complexity index is 795. The minimum atomic E-state index is -0.807. The van der Waals surface area contributed by atoms with Gasteiger partial charge in [-0.15, -0.1) is 0 Å². The van der Waals surface area contributed by atoms with Crippen LogP contribution in [0.2, 0.25) is 0 Å². The van der Waals surface area contributed by atoms with Crippen molar-refractivity contribution in [2.24, 2.45) is 0 Å². The van der Waals surface area contributed by atoms with Crippen LogP contribution in [0, 0.1) is 0 Å². The number of imidazole rings is 1. The third kappa shape index (κ3) is 3.88. The second-order valence-corrected chi connectivity index (χ2v) is 6.80. The molecule has 7 heteroatoms. The predicted octanol–water partition coefficient (Wildman–Crippen LogP) is 1.65. The fourth-order valence-corrected chi connectivity index (χ4v) is 3.67. The molecule has 0 radical (unpaired) electrons. The minimum Gasteiger partial charge on any atom is -0.480 e. The van der Waals surface area contributed by atoms with Crippen LogP contribution in [-0.4, -0.2) is 56.6 Å². The van der Waals surface area contributed by atoms with E-state index in [1.54, 1.807) is 0 Å². The van der Waals surface area contributed by atoms with E-state index in [1.165, 1.54) is 0 Å². The smallest absolute Gasteiger partial charge is 0.317 e. The molecule has 2 aromatic rings. The van der Waals surface area contributed by atoms with E-state index in [2.05, 4.69) is 10.3 Å². The van der Waals surface area contributed by atoms with Crippen LogP contribution in [-0.2, 0) is 22.6 Å². The predicted molar refractivity (Wildman–Crippen MR) is 98.9 cm³/mol. The Hall–Kier alpha value is -2.41. The number of amides is 1. The van der Waals surface area contributed by atoms with Gasteiger partial charge in [0.25, 0.3) is 0 Å². The highest BCUT2D eigenvalue weighted by atomic mass is 16.4. The van der Waals surface area contributed by atoms with E-state index in [0.29, 0.717) is 6.54 Å². The Kier molecular flexibility index (Phi) is 5.56. The molecule has 3 rings (SSSR count). The summed E-state index contributed by atoms with van der Waals surface area (Å²) in [5.74, 6) is 0.0810. The molecule has 1 fully saturated rings. The van der Waals surface area contributed by atoms with Crippen molar-refractivity contribution >= 4 is 22.9 Å². The summed E-state index contributed by atoms with van der Waals surface area (Å²) >= 11 is 0. The highest BCUT2D eigenvalue weighted by Crippen LogP contribution is 2.25. The lowest BCUT2D eigenvalue weighted by Crippen LogP contribution is -2.55. The molecule has 1 aromatic heterocycles. The number of carbonyl (C=O) groups is 2. The molecule has 1 amide bonds. The van der Waals surface area contributed by atoms with Crippen LogP contribution in [0.25, 0.3) is 11.0 Å². The number of carboxylic acid groups (broad SMARTS) is 1. The van der Waals surface area contributed by atoms with Gasteiger partial charge >= 0.3 is 5.97 Å². The van der Waals surface area contributed by atoms with Crippen molar-refractivity contribution in [3.8, 4) is 0 Å². The van der Waals surface area contributed by atoms with Crippen LogP contribution >= 0.6 is 0 Å². The van der Waals surface area contributed by atoms with Gasteiger partial charge in [-0.3, -0.25) is 14.5 Å². The standard InChI is InChI=1S/C19H26N4O3/c1-3-17-21-15-7-5-6-8-16(15)23(17)11-18(24)20-13-9-14(10-13)22(4-2)12-19(25)26/h5-8,13-14H,3-4,9-12H2,1-2H3,(H,20,24)(H,25,26). The Morgan fingerprint density at radius 3 is 2.69 bits per heavy atom. The summed E-state index contributed by atoms with van der Waals surface area (Å²) in [4.78, 5) is 29.9. The molecule has 0 spiro atoms. The molecule has 7 nitrogen and oxygen atoms in total. The molecule has 26 heavy (non-hydrogen) atoms. The summed E-state index contributed by atoms with van der Waals surface area (Å²) < 4.78 is 1.98. The lowest BCUT2D eigenvalue weighted by atomic mass is 9.85. The van der Waals surface area contributed by atoms with Gasteiger partial charge in [-0.05, 0) is 31.5 Å². The number of carbonyl (C=O) groups excluding carboxylic acids is 1. The number of aliphatic carboxylic acids is 1. The number of aryl methyl sites for hydroxylation is 1. The van der Waals surface area contributed by atoms with Gasteiger partial charge in [-0.2, -0.15) is 0 Å². The molecule has 0 bridgehead atoms. The summed E-state index contributed by atoms with van der Waals surface area (Å²) in [6.45, 7) is 5.03. The van der Waals surface area contributed by atoms with Crippen molar-refractivity contribution in [3.05, 3.63) is 30.1 Å². The molecule has 140 valence electrons. The lowest BCUT2D eigenvalue weighted by Gasteiger charge is -2.42. The second-order valence-electron chi connectivity index (χ2n) is 6.80. The maximum Gasteiger partial charge on any atom is 0.317 e.